The number of benzene rings is 1. The number of nitrogens with zero attached hydrogens (tertiary/aromatic N) is 1. The van der Waals surface area contributed by atoms with Gasteiger partial charge in [0.25, 0.3) is 9.05 Å². The third-order valence-corrected chi connectivity index (χ3v) is 3.19. The fourth-order valence-corrected chi connectivity index (χ4v) is 2.23. The monoisotopic (exact) mass is 242 g/mol. The summed E-state index contributed by atoms with van der Waals surface area (Å²) in [6.07, 6.45) is 1.44. The van der Waals surface area contributed by atoms with Gasteiger partial charge in [-0.25, -0.2) is 8.42 Å². The zero-order valence-corrected chi connectivity index (χ0v) is 9.09. The lowest BCUT2D eigenvalue weighted by molar-refractivity contribution is 0.606. The molecule has 78 valence electrons. The molecule has 0 atom stereocenters. The molecule has 0 spiro atoms. The van der Waals surface area contributed by atoms with Crippen LogP contribution < -0.4 is 0 Å². The van der Waals surface area contributed by atoms with Crippen molar-refractivity contribution in [1.29, 1.82) is 0 Å². The molecule has 6 heteroatoms. The lowest BCUT2D eigenvalue weighted by Gasteiger charge is -1.98. The fourth-order valence-electron chi connectivity index (χ4n) is 1.28. The molecule has 0 saturated heterocycles. The molecule has 2 rings (SSSR count). The molecule has 0 radical (unpaired) electrons. The van der Waals surface area contributed by atoms with E-state index in [4.69, 9.17) is 10.7 Å². The Balaban J connectivity index is 2.61. The average molecular weight is 243 g/mol. The van der Waals surface area contributed by atoms with Crippen LogP contribution in [0.5, 0.6) is 0 Å². The molecule has 0 unspecified atom stereocenters. The Morgan fingerprint density at radius 3 is 2.47 bits per heavy atom. The van der Waals surface area contributed by atoms with Crippen LogP contribution in [0, 0.1) is 0 Å². The molecule has 0 aliphatic carbocycles. The van der Waals surface area contributed by atoms with Gasteiger partial charge in [0.15, 0.2) is 5.03 Å². The van der Waals surface area contributed by atoms with Crippen LogP contribution in [0.1, 0.15) is 0 Å². The van der Waals surface area contributed by atoms with Gasteiger partial charge in [-0.2, -0.15) is 5.10 Å². The molecule has 0 aliphatic rings. The molecule has 2 aromatic rings. The maximum atomic E-state index is 11.2. The number of nitrogens with one attached hydrogen (secondary N) is 1. The molecule has 1 N–H and O–H groups in total. The summed E-state index contributed by atoms with van der Waals surface area (Å²) in [5, 5.41) is 5.98. The third-order valence-electron chi connectivity index (χ3n) is 1.93. The van der Waals surface area contributed by atoms with E-state index in [0.29, 0.717) is 5.56 Å². The van der Waals surface area contributed by atoms with Crippen LogP contribution in [0.3, 0.4) is 0 Å². The van der Waals surface area contributed by atoms with E-state index >= 15 is 0 Å². The predicted molar refractivity (Wildman–Crippen MR) is 57.1 cm³/mol. The second kappa shape index (κ2) is 3.67. The van der Waals surface area contributed by atoms with E-state index in [1.54, 1.807) is 12.1 Å². The molecule has 4 nitrogen and oxygen atoms in total. The number of aromatic amines is 1. The topological polar surface area (TPSA) is 62.8 Å². The highest BCUT2D eigenvalue weighted by Gasteiger charge is 2.18. The van der Waals surface area contributed by atoms with E-state index in [2.05, 4.69) is 10.2 Å². The van der Waals surface area contributed by atoms with Gasteiger partial charge in [-0.05, 0) is 5.56 Å². The third kappa shape index (κ3) is 2.03. The summed E-state index contributed by atoms with van der Waals surface area (Å²) in [5.41, 5.74) is 1.23. The van der Waals surface area contributed by atoms with Crippen LogP contribution >= 0.6 is 10.7 Å². The van der Waals surface area contributed by atoms with E-state index in [0.717, 1.165) is 5.56 Å². The number of rotatable bonds is 2. The van der Waals surface area contributed by atoms with Gasteiger partial charge < -0.3 is 0 Å². The highest BCUT2D eigenvalue weighted by Crippen LogP contribution is 2.26. The summed E-state index contributed by atoms with van der Waals surface area (Å²) in [6.45, 7) is 0. The number of halogens is 1. The molecule has 0 aliphatic heterocycles. The van der Waals surface area contributed by atoms with Crippen molar-refractivity contribution in [2.45, 2.75) is 5.03 Å². The number of hydrogen-bond acceptors (Lipinski definition) is 3. The summed E-state index contributed by atoms with van der Waals surface area (Å²) in [7, 11) is 1.47. The second-order valence-corrected chi connectivity index (χ2v) is 5.42. The molecular formula is C9H7ClN2O2S. The first-order valence-corrected chi connectivity index (χ1v) is 6.43. The van der Waals surface area contributed by atoms with E-state index in [1.165, 1.54) is 6.20 Å². The normalized spacial score (nSPS) is 11.5. The van der Waals surface area contributed by atoms with Crippen molar-refractivity contribution in [3.05, 3.63) is 36.5 Å². The van der Waals surface area contributed by atoms with Crippen molar-refractivity contribution < 1.29 is 8.42 Å². The van der Waals surface area contributed by atoms with Crippen LogP contribution in [0.25, 0.3) is 11.1 Å². The van der Waals surface area contributed by atoms with Gasteiger partial charge >= 0.3 is 0 Å². The van der Waals surface area contributed by atoms with Crippen molar-refractivity contribution in [3.63, 3.8) is 0 Å². The van der Waals surface area contributed by atoms with Gasteiger partial charge in [0, 0.05) is 16.2 Å². The predicted octanol–water partition coefficient (Wildman–Crippen LogP) is 2.00. The van der Waals surface area contributed by atoms with Gasteiger partial charge in [-0.3, -0.25) is 5.10 Å². The maximum absolute atomic E-state index is 11.2. The van der Waals surface area contributed by atoms with Crippen LogP contribution in [0.4, 0.5) is 0 Å². The summed E-state index contributed by atoms with van der Waals surface area (Å²) in [6, 6.07) is 9.05. The molecule has 0 saturated carbocycles. The second-order valence-electron chi connectivity index (χ2n) is 2.92. The number of aromatic nitrogens is 2. The molecule has 1 aromatic heterocycles. The Morgan fingerprint density at radius 1 is 1.20 bits per heavy atom. The first-order valence-electron chi connectivity index (χ1n) is 4.12. The van der Waals surface area contributed by atoms with Crippen molar-refractivity contribution >= 4 is 19.7 Å². The standard InChI is InChI=1S/C9H7ClN2O2S/c10-15(13,14)9-8(6-11-12-9)7-4-2-1-3-5-7/h1-6H,(H,11,12). The van der Waals surface area contributed by atoms with E-state index in [9.17, 15) is 8.42 Å². The van der Waals surface area contributed by atoms with Crippen LogP contribution in [0.15, 0.2) is 41.6 Å². The van der Waals surface area contributed by atoms with Crippen molar-refractivity contribution in [3.8, 4) is 11.1 Å². The van der Waals surface area contributed by atoms with Gasteiger partial charge in [-0.1, -0.05) is 30.3 Å². The first kappa shape index (κ1) is 10.2. The van der Waals surface area contributed by atoms with E-state index < -0.39 is 9.05 Å². The molecule has 15 heavy (non-hydrogen) atoms. The molecule has 1 heterocycles. The highest BCUT2D eigenvalue weighted by molar-refractivity contribution is 8.13. The molecule has 1 aromatic carbocycles. The van der Waals surface area contributed by atoms with Gasteiger partial charge in [0.2, 0.25) is 0 Å². The van der Waals surface area contributed by atoms with E-state index in [1.807, 2.05) is 18.2 Å². The highest BCUT2D eigenvalue weighted by atomic mass is 35.7. The van der Waals surface area contributed by atoms with Crippen molar-refractivity contribution in [2.24, 2.45) is 0 Å². The molecular weight excluding hydrogens is 236 g/mol. The maximum Gasteiger partial charge on any atom is 0.278 e. The minimum absolute atomic E-state index is 0.0737. The minimum Gasteiger partial charge on any atom is -0.266 e. The Kier molecular flexibility index (Phi) is 2.50. The number of H-pyrrole nitrogens is 1. The first-order chi connectivity index (χ1) is 7.09. The molecule has 0 bridgehead atoms. The van der Waals surface area contributed by atoms with E-state index in [-0.39, 0.29) is 5.03 Å². The minimum atomic E-state index is -3.78. The fraction of sp³-hybridized carbons (Fsp3) is 0. The molecule has 0 amide bonds. The SMILES string of the molecule is O=S(=O)(Cl)c1[nH]ncc1-c1ccccc1. The van der Waals surface area contributed by atoms with Gasteiger partial charge in [-0.15, -0.1) is 0 Å². The average Bonchev–Trinajstić information content (AvgIpc) is 2.67. The van der Waals surface area contributed by atoms with Gasteiger partial charge in [0.1, 0.15) is 0 Å². The van der Waals surface area contributed by atoms with Crippen LogP contribution in [-0.2, 0) is 9.05 Å². The largest absolute Gasteiger partial charge is 0.278 e. The lowest BCUT2D eigenvalue weighted by Crippen LogP contribution is -1.93. The lowest BCUT2D eigenvalue weighted by atomic mass is 10.1. The van der Waals surface area contributed by atoms with Crippen molar-refractivity contribution in [2.75, 3.05) is 0 Å². The van der Waals surface area contributed by atoms with Crippen LogP contribution in [-0.4, -0.2) is 18.6 Å². The summed E-state index contributed by atoms with van der Waals surface area (Å²) >= 11 is 0. The Bertz CT molecular complexity index is 563. The van der Waals surface area contributed by atoms with Crippen molar-refractivity contribution in [1.82, 2.24) is 10.2 Å². The smallest absolute Gasteiger partial charge is 0.266 e. The Hall–Kier alpha value is -1.33. The number of hydrogen-bond donors (Lipinski definition) is 1. The summed E-state index contributed by atoms with van der Waals surface area (Å²) < 4.78 is 22.4. The molecule has 0 fully saturated rings. The Morgan fingerprint density at radius 2 is 1.87 bits per heavy atom. The zero-order valence-electron chi connectivity index (χ0n) is 7.51. The van der Waals surface area contributed by atoms with Crippen LogP contribution in [0.2, 0.25) is 0 Å². The quantitative estimate of drug-likeness (QED) is 0.820. The van der Waals surface area contributed by atoms with Gasteiger partial charge in [0.05, 0.1) is 6.20 Å². The summed E-state index contributed by atoms with van der Waals surface area (Å²) in [5.74, 6) is 0. The summed E-state index contributed by atoms with van der Waals surface area (Å²) in [4.78, 5) is 0. The zero-order chi connectivity index (χ0) is 10.9. The Labute approximate surface area is 91.3 Å².